The van der Waals surface area contributed by atoms with Crippen LogP contribution in [0.3, 0.4) is 0 Å². The third kappa shape index (κ3) is 3.04. The van der Waals surface area contributed by atoms with Gasteiger partial charge in [-0.2, -0.15) is 0 Å². The quantitative estimate of drug-likeness (QED) is 0.811. The lowest BCUT2D eigenvalue weighted by Crippen LogP contribution is -2.50. The van der Waals surface area contributed by atoms with Gasteiger partial charge in [-0.15, -0.1) is 19.0 Å². The molecule has 0 aliphatic heterocycles. The van der Waals surface area contributed by atoms with Gasteiger partial charge in [-0.3, -0.25) is 4.79 Å². The Morgan fingerprint density at radius 3 is 2.30 bits per heavy atom. The van der Waals surface area contributed by atoms with E-state index in [0.717, 1.165) is 19.4 Å². The first-order valence-electron chi connectivity index (χ1n) is 7.87. The van der Waals surface area contributed by atoms with Crippen LogP contribution in [0, 0.1) is 17.8 Å². The normalized spacial score (nSPS) is 35.9. The molecule has 2 unspecified atom stereocenters. The molecule has 3 nitrogen and oxygen atoms in total. The highest BCUT2D eigenvalue weighted by Crippen LogP contribution is 2.43. The molecule has 114 valence electrons. The fourth-order valence-electron chi connectivity index (χ4n) is 4.17. The molecule has 4 heteroatoms. The molecule has 2 bridgehead atoms. The summed E-state index contributed by atoms with van der Waals surface area (Å²) in [4.78, 5) is 14.8. The molecule has 20 heavy (non-hydrogen) atoms. The smallest absolute Gasteiger partial charge is 0.226 e. The second kappa shape index (κ2) is 6.48. The summed E-state index contributed by atoms with van der Waals surface area (Å²) in [5.41, 5.74) is 6.31. The lowest BCUT2D eigenvalue weighted by Gasteiger charge is -2.44. The summed E-state index contributed by atoms with van der Waals surface area (Å²) in [7, 11) is 0. The summed E-state index contributed by atoms with van der Waals surface area (Å²) >= 11 is 0. The first-order chi connectivity index (χ1) is 9.20. The highest BCUT2D eigenvalue weighted by molar-refractivity contribution is 5.85. The van der Waals surface area contributed by atoms with Crippen LogP contribution >= 0.6 is 12.4 Å². The van der Waals surface area contributed by atoms with Crippen molar-refractivity contribution in [3.8, 4) is 0 Å². The van der Waals surface area contributed by atoms with E-state index >= 15 is 0 Å². The topological polar surface area (TPSA) is 46.3 Å². The lowest BCUT2D eigenvalue weighted by atomic mass is 9.65. The number of halogens is 1. The summed E-state index contributed by atoms with van der Waals surface area (Å²) < 4.78 is 0. The molecule has 0 spiro atoms. The standard InChI is InChI=1S/C16H26N2O.ClH/c1-2-8-18(14-6-7-14)16(19)13-9-11-4-3-5-12(10-13)15(11)17;/h2,11-15H,1,3-10,17H2;1H. The molecule has 3 saturated carbocycles. The highest BCUT2D eigenvalue weighted by Gasteiger charge is 2.43. The van der Waals surface area contributed by atoms with Gasteiger partial charge in [-0.1, -0.05) is 12.5 Å². The van der Waals surface area contributed by atoms with Gasteiger partial charge in [0.05, 0.1) is 0 Å². The molecule has 0 heterocycles. The number of rotatable bonds is 4. The van der Waals surface area contributed by atoms with E-state index in [2.05, 4.69) is 11.5 Å². The summed E-state index contributed by atoms with van der Waals surface area (Å²) in [5.74, 6) is 1.79. The summed E-state index contributed by atoms with van der Waals surface area (Å²) in [6.07, 6.45) is 10.0. The Kier molecular flexibility index (Phi) is 5.14. The molecule has 3 rings (SSSR count). The van der Waals surface area contributed by atoms with Gasteiger partial charge in [-0.05, 0) is 50.4 Å². The fraction of sp³-hybridized carbons (Fsp3) is 0.812. The molecule has 3 aliphatic rings. The van der Waals surface area contributed by atoms with E-state index in [4.69, 9.17) is 5.73 Å². The summed E-state index contributed by atoms with van der Waals surface area (Å²) in [5, 5.41) is 0. The number of carbonyl (C=O) groups is 1. The van der Waals surface area contributed by atoms with Gasteiger partial charge in [0.2, 0.25) is 5.91 Å². The molecule has 1 amide bonds. The van der Waals surface area contributed by atoms with E-state index in [1.807, 2.05) is 6.08 Å². The van der Waals surface area contributed by atoms with Crippen molar-refractivity contribution in [3.05, 3.63) is 12.7 Å². The van der Waals surface area contributed by atoms with Crippen LogP contribution < -0.4 is 5.73 Å². The van der Waals surface area contributed by atoms with E-state index in [0.29, 0.717) is 29.8 Å². The molecular formula is C16H27ClN2O. The Bertz CT molecular complexity index is 355. The van der Waals surface area contributed by atoms with Crippen LogP contribution in [-0.2, 0) is 4.79 Å². The molecule has 0 aromatic carbocycles. The minimum atomic E-state index is 0. The van der Waals surface area contributed by atoms with Gasteiger partial charge in [-0.25, -0.2) is 0 Å². The maximum atomic E-state index is 12.7. The Morgan fingerprint density at radius 2 is 1.80 bits per heavy atom. The first-order valence-corrected chi connectivity index (χ1v) is 7.87. The second-order valence-electron chi connectivity index (χ2n) is 6.71. The van der Waals surface area contributed by atoms with Gasteiger partial charge >= 0.3 is 0 Å². The van der Waals surface area contributed by atoms with Crippen LogP contribution in [0.1, 0.15) is 44.9 Å². The monoisotopic (exact) mass is 298 g/mol. The Morgan fingerprint density at radius 1 is 1.20 bits per heavy atom. The minimum absolute atomic E-state index is 0. The molecule has 2 N–H and O–H groups in total. The Balaban J connectivity index is 0.00000147. The van der Waals surface area contributed by atoms with Crippen LogP contribution in [0.4, 0.5) is 0 Å². The van der Waals surface area contributed by atoms with Crippen LogP contribution in [0.25, 0.3) is 0 Å². The van der Waals surface area contributed by atoms with Gasteiger partial charge in [0, 0.05) is 24.5 Å². The van der Waals surface area contributed by atoms with Crippen LogP contribution in [0.2, 0.25) is 0 Å². The number of hydrogen-bond donors (Lipinski definition) is 1. The largest absolute Gasteiger partial charge is 0.336 e. The van der Waals surface area contributed by atoms with Crippen LogP contribution in [-0.4, -0.2) is 29.4 Å². The average molecular weight is 299 g/mol. The number of nitrogens with zero attached hydrogens (tertiary/aromatic N) is 1. The predicted molar refractivity (Wildman–Crippen MR) is 83.7 cm³/mol. The van der Waals surface area contributed by atoms with Crippen molar-refractivity contribution in [2.75, 3.05) is 6.54 Å². The number of carbonyl (C=O) groups excluding carboxylic acids is 1. The van der Waals surface area contributed by atoms with Gasteiger partial charge < -0.3 is 10.6 Å². The zero-order valence-electron chi connectivity index (χ0n) is 12.2. The zero-order valence-corrected chi connectivity index (χ0v) is 13.0. The third-order valence-electron chi connectivity index (χ3n) is 5.36. The Labute approximate surface area is 128 Å². The highest BCUT2D eigenvalue weighted by atomic mass is 35.5. The Hall–Kier alpha value is -0.540. The number of hydrogen-bond acceptors (Lipinski definition) is 2. The van der Waals surface area contributed by atoms with Gasteiger partial charge in [0.1, 0.15) is 0 Å². The molecule has 0 saturated heterocycles. The first kappa shape index (κ1) is 15.8. The lowest BCUT2D eigenvalue weighted by molar-refractivity contribution is -0.138. The molecule has 0 radical (unpaired) electrons. The summed E-state index contributed by atoms with van der Waals surface area (Å²) in [6.45, 7) is 4.52. The van der Waals surface area contributed by atoms with Crippen LogP contribution in [0.15, 0.2) is 12.7 Å². The van der Waals surface area contributed by atoms with Crippen molar-refractivity contribution in [2.24, 2.45) is 23.5 Å². The zero-order chi connectivity index (χ0) is 13.4. The van der Waals surface area contributed by atoms with Crippen LogP contribution in [0.5, 0.6) is 0 Å². The van der Waals surface area contributed by atoms with Crippen molar-refractivity contribution in [2.45, 2.75) is 57.0 Å². The molecule has 3 aliphatic carbocycles. The predicted octanol–water partition coefficient (Wildman–Crippen LogP) is 2.74. The van der Waals surface area contributed by atoms with E-state index in [1.165, 1.54) is 32.1 Å². The SMILES string of the molecule is C=CCN(C(=O)C1CC2CCCC(C1)C2N)C1CC1.Cl. The molecule has 0 aromatic rings. The van der Waals surface area contributed by atoms with Gasteiger partial charge in [0.15, 0.2) is 0 Å². The van der Waals surface area contributed by atoms with Crippen molar-refractivity contribution in [1.29, 1.82) is 0 Å². The number of amides is 1. The summed E-state index contributed by atoms with van der Waals surface area (Å²) in [6, 6.07) is 0.854. The van der Waals surface area contributed by atoms with E-state index in [1.54, 1.807) is 0 Å². The number of fused-ring (bicyclic) bond motifs is 2. The second-order valence-corrected chi connectivity index (χ2v) is 6.71. The molecular weight excluding hydrogens is 272 g/mol. The van der Waals surface area contributed by atoms with E-state index in [-0.39, 0.29) is 18.3 Å². The molecule has 0 aromatic heterocycles. The van der Waals surface area contributed by atoms with E-state index in [9.17, 15) is 4.79 Å². The maximum absolute atomic E-state index is 12.7. The van der Waals surface area contributed by atoms with Crippen molar-refractivity contribution in [1.82, 2.24) is 4.90 Å². The average Bonchev–Trinajstić information content (AvgIpc) is 3.19. The van der Waals surface area contributed by atoms with Crippen molar-refractivity contribution < 1.29 is 4.79 Å². The third-order valence-corrected chi connectivity index (χ3v) is 5.36. The van der Waals surface area contributed by atoms with E-state index < -0.39 is 0 Å². The molecule has 3 fully saturated rings. The maximum Gasteiger partial charge on any atom is 0.226 e. The molecule has 2 atom stereocenters. The van der Waals surface area contributed by atoms with Gasteiger partial charge in [0.25, 0.3) is 0 Å². The minimum Gasteiger partial charge on any atom is -0.336 e. The fourth-order valence-corrected chi connectivity index (χ4v) is 4.17. The van der Waals surface area contributed by atoms with Crippen molar-refractivity contribution >= 4 is 18.3 Å². The van der Waals surface area contributed by atoms with Crippen molar-refractivity contribution in [3.63, 3.8) is 0 Å². The number of nitrogens with two attached hydrogens (primary N) is 1.